The van der Waals surface area contributed by atoms with Gasteiger partial charge < -0.3 is 15.4 Å². The molecule has 19 heavy (non-hydrogen) atoms. The molecular weight excluding hydrogens is 308 g/mol. The molecule has 1 rings (SSSR count). The van der Waals surface area contributed by atoms with Crippen molar-refractivity contribution >= 4 is 27.5 Å². The van der Waals surface area contributed by atoms with E-state index in [9.17, 15) is 4.79 Å². The predicted octanol–water partition coefficient (Wildman–Crippen LogP) is 2.78. The molecule has 0 aliphatic carbocycles. The third-order valence-electron chi connectivity index (χ3n) is 2.69. The van der Waals surface area contributed by atoms with Crippen LogP contribution in [0.15, 0.2) is 22.7 Å². The van der Waals surface area contributed by atoms with Gasteiger partial charge in [0.2, 0.25) is 0 Å². The Kier molecular flexibility index (Phi) is 6.31. The number of benzene rings is 1. The zero-order valence-corrected chi connectivity index (χ0v) is 13.2. The van der Waals surface area contributed by atoms with E-state index < -0.39 is 0 Å². The standard InChI is InChI=1S/C14H21BrN2O2/c1-10(2)9-17(6-7-19-3)14(18)11-4-5-13(16)12(15)8-11/h4-5,8,10H,6-7,9,16H2,1-3H3. The van der Waals surface area contributed by atoms with Gasteiger partial charge in [0.1, 0.15) is 0 Å². The van der Waals surface area contributed by atoms with Crippen LogP contribution in [0.1, 0.15) is 24.2 Å². The average Bonchev–Trinajstić information content (AvgIpc) is 2.36. The van der Waals surface area contributed by atoms with Crippen molar-refractivity contribution < 1.29 is 9.53 Å². The van der Waals surface area contributed by atoms with Crippen LogP contribution in [-0.4, -0.2) is 37.6 Å². The molecule has 0 heterocycles. The Bertz CT molecular complexity index is 435. The number of amides is 1. The second kappa shape index (κ2) is 7.50. The summed E-state index contributed by atoms with van der Waals surface area (Å²) in [4.78, 5) is 14.3. The molecule has 0 aliphatic heterocycles. The number of anilines is 1. The van der Waals surface area contributed by atoms with Crippen LogP contribution in [0.5, 0.6) is 0 Å². The van der Waals surface area contributed by atoms with E-state index in [0.717, 1.165) is 4.47 Å². The summed E-state index contributed by atoms with van der Waals surface area (Å²) in [7, 11) is 1.64. The predicted molar refractivity (Wildman–Crippen MR) is 81.2 cm³/mol. The molecule has 0 atom stereocenters. The van der Waals surface area contributed by atoms with Crippen LogP contribution in [0, 0.1) is 5.92 Å². The maximum Gasteiger partial charge on any atom is 0.253 e. The Hall–Kier alpha value is -1.07. The number of rotatable bonds is 6. The van der Waals surface area contributed by atoms with Gasteiger partial charge in [0.15, 0.2) is 0 Å². The molecule has 106 valence electrons. The molecule has 4 nitrogen and oxygen atoms in total. The van der Waals surface area contributed by atoms with Crippen LogP contribution < -0.4 is 5.73 Å². The largest absolute Gasteiger partial charge is 0.398 e. The Labute approximate surface area is 123 Å². The topological polar surface area (TPSA) is 55.6 Å². The summed E-state index contributed by atoms with van der Waals surface area (Å²) in [6.07, 6.45) is 0. The fourth-order valence-electron chi connectivity index (χ4n) is 1.76. The van der Waals surface area contributed by atoms with Crippen LogP contribution in [0.2, 0.25) is 0 Å². The Morgan fingerprint density at radius 2 is 2.16 bits per heavy atom. The maximum absolute atomic E-state index is 12.5. The molecule has 0 fully saturated rings. The average molecular weight is 329 g/mol. The first-order valence-corrected chi connectivity index (χ1v) is 7.08. The lowest BCUT2D eigenvalue weighted by Crippen LogP contribution is -2.36. The molecule has 1 aromatic rings. The summed E-state index contributed by atoms with van der Waals surface area (Å²) in [5.74, 6) is 0.421. The first-order valence-electron chi connectivity index (χ1n) is 6.29. The van der Waals surface area contributed by atoms with Crippen LogP contribution in [0.25, 0.3) is 0 Å². The molecule has 0 bridgehead atoms. The van der Waals surface area contributed by atoms with E-state index in [1.807, 2.05) is 4.90 Å². The van der Waals surface area contributed by atoms with E-state index in [1.54, 1.807) is 25.3 Å². The molecule has 0 saturated carbocycles. The van der Waals surface area contributed by atoms with E-state index in [1.165, 1.54) is 0 Å². The summed E-state index contributed by atoms with van der Waals surface area (Å²) in [6.45, 7) is 6.02. The van der Waals surface area contributed by atoms with Crippen molar-refractivity contribution in [2.75, 3.05) is 32.5 Å². The molecule has 2 N–H and O–H groups in total. The van der Waals surface area contributed by atoms with Gasteiger partial charge in [0, 0.05) is 35.9 Å². The van der Waals surface area contributed by atoms with Gasteiger partial charge in [-0.15, -0.1) is 0 Å². The molecule has 0 aromatic heterocycles. The lowest BCUT2D eigenvalue weighted by molar-refractivity contribution is 0.0672. The van der Waals surface area contributed by atoms with Gasteiger partial charge in [-0.25, -0.2) is 0 Å². The van der Waals surface area contributed by atoms with E-state index in [4.69, 9.17) is 10.5 Å². The highest BCUT2D eigenvalue weighted by Gasteiger charge is 2.17. The molecule has 0 aliphatic rings. The number of nitrogens with two attached hydrogens (primary N) is 1. The Morgan fingerprint density at radius 3 is 2.68 bits per heavy atom. The molecule has 0 unspecified atom stereocenters. The fourth-order valence-corrected chi connectivity index (χ4v) is 2.14. The van der Waals surface area contributed by atoms with Crippen molar-refractivity contribution in [2.45, 2.75) is 13.8 Å². The third-order valence-corrected chi connectivity index (χ3v) is 3.37. The first-order chi connectivity index (χ1) is 8.95. The molecule has 5 heteroatoms. The summed E-state index contributed by atoms with van der Waals surface area (Å²) in [5.41, 5.74) is 7.00. The highest BCUT2D eigenvalue weighted by atomic mass is 79.9. The third kappa shape index (κ3) is 4.84. The van der Waals surface area contributed by atoms with E-state index >= 15 is 0 Å². The summed E-state index contributed by atoms with van der Waals surface area (Å²) in [5, 5.41) is 0. The molecule has 1 amide bonds. The van der Waals surface area contributed by atoms with E-state index in [2.05, 4.69) is 29.8 Å². The first kappa shape index (κ1) is 16.0. The number of carbonyl (C=O) groups is 1. The van der Waals surface area contributed by atoms with Gasteiger partial charge in [0.25, 0.3) is 5.91 Å². The fraction of sp³-hybridized carbons (Fsp3) is 0.500. The number of carbonyl (C=O) groups excluding carboxylic acids is 1. The molecule has 1 aromatic carbocycles. The van der Waals surface area contributed by atoms with E-state index in [0.29, 0.717) is 36.9 Å². The van der Waals surface area contributed by atoms with Gasteiger partial charge >= 0.3 is 0 Å². The molecule has 0 saturated heterocycles. The Morgan fingerprint density at radius 1 is 1.47 bits per heavy atom. The molecule has 0 spiro atoms. The normalized spacial score (nSPS) is 10.8. The van der Waals surface area contributed by atoms with Gasteiger partial charge in [-0.2, -0.15) is 0 Å². The van der Waals surface area contributed by atoms with E-state index in [-0.39, 0.29) is 5.91 Å². The van der Waals surface area contributed by atoms with Crippen molar-refractivity contribution in [3.8, 4) is 0 Å². The molecule has 0 radical (unpaired) electrons. The number of hydrogen-bond donors (Lipinski definition) is 1. The van der Waals surface area contributed by atoms with Crippen LogP contribution in [-0.2, 0) is 4.74 Å². The minimum atomic E-state index is 0.00597. The smallest absolute Gasteiger partial charge is 0.253 e. The zero-order valence-electron chi connectivity index (χ0n) is 11.6. The summed E-state index contributed by atoms with van der Waals surface area (Å²) in [6, 6.07) is 5.25. The van der Waals surface area contributed by atoms with Crippen molar-refractivity contribution in [2.24, 2.45) is 5.92 Å². The van der Waals surface area contributed by atoms with Gasteiger partial charge in [-0.05, 0) is 40.0 Å². The van der Waals surface area contributed by atoms with Crippen molar-refractivity contribution in [1.29, 1.82) is 0 Å². The van der Waals surface area contributed by atoms with Crippen LogP contribution in [0.3, 0.4) is 0 Å². The van der Waals surface area contributed by atoms with Gasteiger partial charge in [-0.3, -0.25) is 4.79 Å². The lowest BCUT2D eigenvalue weighted by atomic mass is 10.1. The van der Waals surface area contributed by atoms with Gasteiger partial charge in [-0.1, -0.05) is 13.8 Å². The SMILES string of the molecule is COCCN(CC(C)C)C(=O)c1ccc(N)c(Br)c1. The quantitative estimate of drug-likeness (QED) is 0.817. The number of ether oxygens (including phenoxy) is 1. The molecular formula is C14H21BrN2O2. The zero-order chi connectivity index (χ0) is 14.4. The second-order valence-electron chi connectivity index (χ2n) is 4.87. The second-order valence-corrected chi connectivity index (χ2v) is 5.73. The van der Waals surface area contributed by atoms with Crippen molar-refractivity contribution in [3.05, 3.63) is 28.2 Å². The number of halogens is 1. The number of nitrogens with zero attached hydrogens (tertiary/aromatic N) is 1. The minimum absolute atomic E-state index is 0.00597. The number of nitrogen functional groups attached to an aromatic ring is 1. The van der Waals surface area contributed by atoms with Crippen molar-refractivity contribution in [1.82, 2.24) is 4.90 Å². The summed E-state index contributed by atoms with van der Waals surface area (Å²) >= 11 is 3.35. The highest BCUT2D eigenvalue weighted by Crippen LogP contribution is 2.21. The van der Waals surface area contributed by atoms with Crippen LogP contribution >= 0.6 is 15.9 Å². The highest BCUT2D eigenvalue weighted by molar-refractivity contribution is 9.10. The number of methoxy groups -OCH3 is 1. The Balaban J connectivity index is 2.87. The van der Waals surface area contributed by atoms with Crippen LogP contribution in [0.4, 0.5) is 5.69 Å². The van der Waals surface area contributed by atoms with Crippen molar-refractivity contribution in [3.63, 3.8) is 0 Å². The monoisotopic (exact) mass is 328 g/mol. The summed E-state index contributed by atoms with van der Waals surface area (Å²) < 4.78 is 5.80. The minimum Gasteiger partial charge on any atom is -0.398 e. The maximum atomic E-state index is 12.5. The van der Waals surface area contributed by atoms with Gasteiger partial charge in [0.05, 0.1) is 6.61 Å². The number of hydrogen-bond acceptors (Lipinski definition) is 3. The lowest BCUT2D eigenvalue weighted by Gasteiger charge is -2.24.